The molecular formula is C15H19N3O3. The van der Waals surface area contributed by atoms with Crippen molar-refractivity contribution in [2.24, 2.45) is 0 Å². The number of aryl methyl sites for hydroxylation is 1. The molecule has 0 fully saturated rings. The van der Waals surface area contributed by atoms with Crippen LogP contribution in [0.4, 0.5) is 5.69 Å². The quantitative estimate of drug-likeness (QED) is 0.464. The van der Waals surface area contributed by atoms with Crippen molar-refractivity contribution in [3.05, 3.63) is 40.1 Å². The maximum Gasteiger partial charge on any atom is 0.277 e. The lowest BCUT2D eigenvalue weighted by Crippen LogP contribution is -2.15. The van der Waals surface area contributed by atoms with Gasteiger partial charge in [-0.1, -0.05) is 6.07 Å². The third kappa shape index (κ3) is 3.66. The van der Waals surface area contributed by atoms with Gasteiger partial charge >= 0.3 is 0 Å². The number of hydrogen-bond donors (Lipinski definition) is 0. The first-order valence-corrected chi connectivity index (χ1v) is 6.81. The lowest BCUT2D eigenvalue weighted by molar-refractivity contribution is -0.383. The van der Waals surface area contributed by atoms with Crippen LogP contribution in [0, 0.1) is 17.0 Å². The van der Waals surface area contributed by atoms with Crippen LogP contribution in [0.1, 0.15) is 12.1 Å². The monoisotopic (exact) mass is 289 g/mol. The van der Waals surface area contributed by atoms with E-state index in [-0.39, 0.29) is 10.6 Å². The summed E-state index contributed by atoms with van der Waals surface area (Å²) in [5.74, 6) is 0.465. The number of nitro benzene ring substituents is 1. The maximum absolute atomic E-state index is 11.1. The highest BCUT2D eigenvalue weighted by Gasteiger charge is 2.15. The van der Waals surface area contributed by atoms with Crippen LogP contribution in [-0.2, 0) is 0 Å². The van der Waals surface area contributed by atoms with E-state index in [1.54, 1.807) is 18.2 Å². The van der Waals surface area contributed by atoms with Crippen molar-refractivity contribution in [3.63, 3.8) is 0 Å². The predicted molar refractivity (Wildman–Crippen MR) is 81.8 cm³/mol. The number of benzene rings is 1. The number of fused-ring (bicyclic) bond motifs is 1. The van der Waals surface area contributed by atoms with Gasteiger partial charge in [0, 0.05) is 18.3 Å². The first-order chi connectivity index (χ1) is 9.99. The summed E-state index contributed by atoms with van der Waals surface area (Å²) in [7, 11) is 4.01. The summed E-state index contributed by atoms with van der Waals surface area (Å²) in [6, 6.07) is 6.68. The molecule has 0 radical (unpaired) electrons. The van der Waals surface area contributed by atoms with Crippen molar-refractivity contribution >= 4 is 16.5 Å². The molecule has 0 aliphatic heterocycles. The standard InChI is InChI=1S/C15H19N3O3/c1-11-10-13-12(6-4-7-14(13)18(19)20)15(16-11)21-9-5-8-17(2)3/h4,6-7,10H,5,8-9H2,1-3H3. The van der Waals surface area contributed by atoms with Crippen LogP contribution in [0.3, 0.4) is 0 Å². The minimum absolute atomic E-state index is 0.0798. The number of pyridine rings is 1. The lowest BCUT2D eigenvalue weighted by atomic mass is 10.1. The van der Waals surface area contributed by atoms with Crippen molar-refractivity contribution in [1.82, 2.24) is 9.88 Å². The average Bonchev–Trinajstić information content (AvgIpc) is 2.42. The number of nitrogens with zero attached hydrogens (tertiary/aromatic N) is 3. The summed E-state index contributed by atoms with van der Waals surface area (Å²) < 4.78 is 5.72. The molecule has 0 saturated carbocycles. The molecule has 1 aromatic heterocycles. The van der Waals surface area contributed by atoms with Gasteiger partial charge in [0.15, 0.2) is 0 Å². The fourth-order valence-corrected chi connectivity index (χ4v) is 2.17. The summed E-state index contributed by atoms with van der Waals surface area (Å²) in [4.78, 5) is 17.2. The van der Waals surface area contributed by atoms with Crippen LogP contribution < -0.4 is 4.74 Å². The summed E-state index contributed by atoms with van der Waals surface area (Å²) in [6.07, 6.45) is 0.874. The molecule has 112 valence electrons. The Labute approximate surface area is 123 Å². The van der Waals surface area contributed by atoms with E-state index in [0.29, 0.717) is 29.0 Å². The van der Waals surface area contributed by atoms with E-state index in [9.17, 15) is 10.1 Å². The number of aromatic nitrogens is 1. The zero-order valence-electron chi connectivity index (χ0n) is 12.5. The SMILES string of the molecule is Cc1cc2c([N+](=O)[O-])cccc2c(OCCCN(C)C)n1. The molecule has 1 heterocycles. The molecule has 0 aliphatic rings. The molecule has 2 rings (SSSR count). The summed E-state index contributed by atoms with van der Waals surface area (Å²) in [5, 5.41) is 12.4. The third-order valence-corrected chi connectivity index (χ3v) is 3.13. The van der Waals surface area contributed by atoms with Gasteiger partial charge in [-0.15, -0.1) is 0 Å². The van der Waals surface area contributed by atoms with Crippen molar-refractivity contribution in [3.8, 4) is 5.88 Å². The van der Waals surface area contributed by atoms with Crippen LogP contribution in [0.25, 0.3) is 10.8 Å². The van der Waals surface area contributed by atoms with Gasteiger partial charge in [0.1, 0.15) is 0 Å². The van der Waals surface area contributed by atoms with Crippen LogP contribution in [0.5, 0.6) is 5.88 Å². The highest BCUT2D eigenvalue weighted by Crippen LogP contribution is 2.31. The zero-order valence-corrected chi connectivity index (χ0v) is 12.5. The van der Waals surface area contributed by atoms with Crippen molar-refractivity contribution in [1.29, 1.82) is 0 Å². The minimum atomic E-state index is -0.377. The highest BCUT2D eigenvalue weighted by atomic mass is 16.6. The molecular weight excluding hydrogens is 270 g/mol. The molecule has 6 nitrogen and oxygen atoms in total. The Balaban J connectivity index is 2.31. The van der Waals surface area contributed by atoms with Gasteiger partial charge in [0.25, 0.3) is 5.69 Å². The number of rotatable bonds is 6. The normalized spacial score (nSPS) is 11.0. The van der Waals surface area contributed by atoms with Gasteiger partial charge in [-0.2, -0.15) is 0 Å². The molecule has 0 bridgehead atoms. The van der Waals surface area contributed by atoms with E-state index in [4.69, 9.17) is 4.74 Å². The first-order valence-electron chi connectivity index (χ1n) is 6.81. The van der Waals surface area contributed by atoms with E-state index >= 15 is 0 Å². The van der Waals surface area contributed by atoms with E-state index in [1.807, 2.05) is 21.0 Å². The molecule has 0 atom stereocenters. The van der Waals surface area contributed by atoms with Crippen molar-refractivity contribution in [2.75, 3.05) is 27.2 Å². The highest BCUT2D eigenvalue weighted by molar-refractivity contribution is 5.94. The van der Waals surface area contributed by atoms with E-state index in [0.717, 1.165) is 13.0 Å². The van der Waals surface area contributed by atoms with E-state index in [2.05, 4.69) is 9.88 Å². The molecule has 21 heavy (non-hydrogen) atoms. The van der Waals surface area contributed by atoms with Gasteiger partial charge < -0.3 is 9.64 Å². The van der Waals surface area contributed by atoms with Gasteiger partial charge in [-0.25, -0.2) is 4.98 Å². The Morgan fingerprint density at radius 2 is 2.10 bits per heavy atom. The number of nitro groups is 1. The largest absolute Gasteiger partial charge is 0.477 e. The molecule has 6 heteroatoms. The van der Waals surface area contributed by atoms with E-state index < -0.39 is 0 Å². The molecule has 0 saturated heterocycles. The second-order valence-corrected chi connectivity index (χ2v) is 5.20. The van der Waals surface area contributed by atoms with Gasteiger partial charge in [0.05, 0.1) is 22.3 Å². The fraction of sp³-hybridized carbons (Fsp3) is 0.400. The summed E-state index contributed by atoms with van der Waals surface area (Å²) in [6.45, 7) is 3.26. The molecule has 2 aromatic rings. The fourth-order valence-electron chi connectivity index (χ4n) is 2.17. The Hall–Kier alpha value is -2.21. The van der Waals surface area contributed by atoms with Crippen LogP contribution in [0.2, 0.25) is 0 Å². The molecule has 0 unspecified atom stereocenters. The second kappa shape index (κ2) is 6.49. The maximum atomic E-state index is 11.1. The Kier molecular flexibility index (Phi) is 4.70. The molecule has 0 N–H and O–H groups in total. The molecule has 0 spiro atoms. The number of ether oxygens (including phenoxy) is 1. The van der Waals surface area contributed by atoms with E-state index in [1.165, 1.54) is 6.07 Å². The van der Waals surface area contributed by atoms with Gasteiger partial charge in [-0.05, 0) is 39.6 Å². The van der Waals surface area contributed by atoms with Crippen molar-refractivity contribution < 1.29 is 9.66 Å². The molecule has 1 aromatic carbocycles. The van der Waals surface area contributed by atoms with Crippen molar-refractivity contribution in [2.45, 2.75) is 13.3 Å². The second-order valence-electron chi connectivity index (χ2n) is 5.20. The minimum Gasteiger partial charge on any atom is -0.477 e. The average molecular weight is 289 g/mol. The number of hydrogen-bond acceptors (Lipinski definition) is 5. The Morgan fingerprint density at radius 3 is 2.76 bits per heavy atom. The summed E-state index contributed by atoms with van der Waals surface area (Å²) in [5.41, 5.74) is 0.788. The van der Waals surface area contributed by atoms with Gasteiger partial charge in [0.2, 0.25) is 5.88 Å². The van der Waals surface area contributed by atoms with Crippen LogP contribution in [0.15, 0.2) is 24.3 Å². The topological polar surface area (TPSA) is 68.5 Å². The zero-order chi connectivity index (χ0) is 15.4. The molecule has 0 amide bonds. The summed E-state index contributed by atoms with van der Waals surface area (Å²) >= 11 is 0. The predicted octanol–water partition coefficient (Wildman–Crippen LogP) is 2.78. The smallest absolute Gasteiger partial charge is 0.277 e. The Morgan fingerprint density at radius 1 is 1.33 bits per heavy atom. The van der Waals surface area contributed by atoms with Gasteiger partial charge in [-0.3, -0.25) is 10.1 Å². The van der Waals surface area contributed by atoms with Crippen LogP contribution >= 0.6 is 0 Å². The van der Waals surface area contributed by atoms with Crippen LogP contribution in [-0.4, -0.2) is 42.1 Å². The molecule has 0 aliphatic carbocycles. The lowest BCUT2D eigenvalue weighted by Gasteiger charge is -2.12. The number of non-ortho nitro benzene ring substituents is 1. The Bertz CT molecular complexity index is 656. The first kappa shape index (κ1) is 15.2. The third-order valence-electron chi connectivity index (χ3n) is 3.13.